The highest BCUT2D eigenvalue weighted by atomic mass is 32.1. The van der Waals surface area contributed by atoms with Crippen LogP contribution in [0.1, 0.15) is 45.0 Å². The van der Waals surface area contributed by atoms with Gasteiger partial charge in [-0.2, -0.15) is 0 Å². The third-order valence-corrected chi connectivity index (χ3v) is 7.43. The number of hydrogen-bond acceptors (Lipinski definition) is 5. The van der Waals surface area contributed by atoms with Crippen molar-refractivity contribution in [2.75, 3.05) is 20.2 Å². The first-order chi connectivity index (χ1) is 15.5. The van der Waals surface area contributed by atoms with Gasteiger partial charge in [-0.25, -0.2) is 4.98 Å². The number of likely N-dealkylation sites (tertiary alicyclic amines) is 1. The summed E-state index contributed by atoms with van der Waals surface area (Å²) in [6.07, 6.45) is 1.95. The predicted octanol–water partition coefficient (Wildman–Crippen LogP) is 4.88. The predicted molar refractivity (Wildman–Crippen MR) is 126 cm³/mol. The molecule has 1 aliphatic carbocycles. The summed E-state index contributed by atoms with van der Waals surface area (Å²) in [6, 6.07) is 14.8. The number of carbonyl (C=O) groups excluding carboxylic acids is 1. The summed E-state index contributed by atoms with van der Waals surface area (Å²) < 4.78 is 12.0. The molecule has 3 aromatic rings. The van der Waals surface area contributed by atoms with Gasteiger partial charge >= 0.3 is 0 Å². The number of thiazole rings is 1. The topological polar surface area (TPSA) is 51.7 Å². The lowest BCUT2D eigenvalue weighted by Crippen LogP contribution is -2.29. The van der Waals surface area contributed by atoms with E-state index >= 15 is 0 Å². The summed E-state index contributed by atoms with van der Waals surface area (Å²) in [5.41, 5.74) is 4.47. The summed E-state index contributed by atoms with van der Waals surface area (Å²) in [5.74, 6) is 2.18. The highest BCUT2D eigenvalue weighted by Gasteiger charge is 2.35. The van der Waals surface area contributed by atoms with Gasteiger partial charge in [0.15, 0.2) is 11.5 Å². The Morgan fingerprint density at radius 2 is 1.84 bits per heavy atom. The number of rotatable bonds is 5. The van der Waals surface area contributed by atoms with Gasteiger partial charge in [0.25, 0.3) is 5.91 Å². The number of fused-ring (bicyclic) bond motifs is 1. The Morgan fingerprint density at radius 1 is 1.09 bits per heavy atom. The Hall–Kier alpha value is -2.86. The number of ether oxygens (including phenoxy) is 2. The fourth-order valence-corrected chi connectivity index (χ4v) is 5.57. The maximum Gasteiger partial charge on any atom is 0.273 e. The lowest BCUT2D eigenvalue weighted by Gasteiger charge is -2.20. The molecule has 6 heteroatoms. The minimum absolute atomic E-state index is 0.0254. The second-order valence-corrected chi connectivity index (χ2v) is 9.94. The van der Waals surface area contributed by atoms with E-state index in [0.717, 1.165) is 35.9 Å². The lowest BCUT2D eigenvalue weighted by molar-refractivity contribution is 0.0781. The summed E-state index contributed by atoms with van der Waals surface area (Å²) in [6.45, 7) is 5.57. The van der Waals surface area contributed by atoms with Crippen molar-refractivity contribution < 1.29 is 14.3 Å². The number of methoxy groups -OCH3 is 1. The van der Waals surface area contributed by atoms with E-state index in [2.05, 4.69) is 48.3 Å². The summed E-state index contributed by atoms with van der Waals surface area (Å²) in [7, 11) is 1.68. The number of benzene rings is 2. The molecule has 0 spiro atoms. The van der Waals surface area contributed by atoms with Crippen LogP contribution in [-0.4, -0.2) is 42.1 Å². The lowest BCUT2D eigenvalue weighted by atomic mass is 9.90. The number of amides is 1. The Morgan fingerprint density at radius 3 is 2.50 bits per heavy atom. The van der Waals surface area contributed by atoms with E-state index in [0.29, 0.717) is 18.2 Å². The van der Waals surface area contributed by atoms with Gasteiger partial charge in [0.2, 0.25) is 0 Å². The smallest absolute Gasteiger partial charge is 0.273 e. The zero-order chi connectivity index (χ0) is 22.2. The molecule has 0 radical (unpaired) electrons. The molecule has 2 heterocycles. The summed E-state index contributed by atoms with van der Waals surface area (Å²) >= 11 is 1.52. The first kappa shape index (κ1) is 21.0. The van der Waals surface area contributed by atoms with E-state index in [1.807, 2.05) is 23.3 Å². The minimum atomic E-state index is 0.0254. The average molecular weight is 449 g/mol. The van der Waals surface area contributed by atoms with Crippen LogP contribution in [-0.2, 0) is 12.8 Å². The fourth-order valence-electron chi connectivity index (χ4n) is 4.99. The van der Waals surface area contributed by atoms with Gasteiger partial charge in [-0.05, 0) is 41.7 Å². The van der Waals surface area contributed by atoms with Gasteiger partial charge in [-0.1, -0.05) is 37.3 Å². The molecule has 1 aromatic heterocycles. The number of aromatic nitrogens is 1. The highest BCUT2D eigenvalue weighted by Crippen LogP contribution is 2.39. The first-order valence-corrected chi connectivity index (χ1v) is 12.0. The van der Waals surface area contributed by atoms with Crippen LogP contribution in [0.15, 0.2) is 47.8 Å². The van der Waals surface area contributed by atoms with Crippen molar-refractivity contribution in [3.8, 4) is 11.5 Å². The molecule has 1 amide bonds. The van der Waals surface area contributed by atoms with Crippen LogP contribution >= 0.6 is 11.3 Å². The maximum absolute atomic E-state index is 12.9. The van der Waals surface area contributed by atoms with Crippen LogP contribution < -0.4 is 9.47 Å². The maximum atomic E-state index is 12.9. The molecular formula is C26H28N2O3S. The molecule has 5 rings (SSSR count). The largest absolute Gasteiger partial charge is 0.493 e. The standard InChI is InChI=1S/C26H28N2O3S/c1-16-13-28(26(29)23-15-32-17(2)27-23)14-22(16)20-8-9-24(30-3)25(12-20)31-21-10-18-6-4-5-7-19(18)11-21/h4-9,12,15-16,21-22H,10-11,13-14H2,1-3H3/t16-,22+/m0/s1. The molecule has 0 unspecified atom stereocenters. The number of carbonyl (C=O) groups is 1. The minimum Gasteiger partial charge on any atom is -0.493 e. The van der Waals surface area contributed by atoms with Gasteiger partial charge in [0, 0.05) is 37.2 Å². The van der Waals surface area contributed by atoms with Crippen molar-refractivity contribution in [3.63, 3.8) is 0 Å². The van der Waals surface area contributed by atoms with Crippen LogP contribution in [0.3, 0.4) is 0 Å². The molecule has 1 fully saturated rings. The molecular weight excluding hydrogens is 420 g/mol. The summed E-state index contributed by atoms with van der Waals surface area (Å²) in [5, 5.41) is 2.78. The molecule has 2 aromatic carbocycles. The van der Waals surface area contributed by atoms with Crippen LogP contribution in [0, 0.1) is 12.8 Å². The van der Waals surface area contributed by atoms with E-state index in [1.54, 1.807) is 7.11 Å². The van der Waals surface area contributed by atoms with Crippen molar-refractivity contribution >= 4 is 17.2 Å². The van der Waals surface area contributed by atoms with Gasteiger partial charge in [-0.15, -0.1) is 11.3 Å². The monoisotopic (exact) mass is 448 g/mol. The second-order valence-electron chi connectivity index (χ2n) is 8.87. The highest BCUT2D eigenvalue weighted by molar-refractivity contribution is 7.09. The van der Waals surface area contributed by atoms with E-state index in [1.165, 1.54) is 28.0 Å². The molecule has 2 atom stereocenters. The van der Waals surface area contributed by atoms with E-state index < -0.39 is 0 Å². The zero-order valence-corrected chi connectivity index (χ0v) is 19.5. The molecule has 5 nitrogen and oxygen atoms in total. The third-order valence-electron chi connectivity index (χ3n) is 6.66. The molecule has 166 valence electrons. The number of hydrogen-bond donors (Lipinski definition) is 0. The van der Waals surface area contributed by atoms with Gasteiger partial charge < -0.3 is 14.4 Å². The van der Waals surface area contributed by atoms with Crippen molar-refractivity contribution in [2.45, 2.75) is 38.7 Å². The molecule has 0 N–H and O–H groups in total. The van der Waals surface area contributed by atoms with Crippen LogP contribution in [0.5, 0.6) is 11.5 Å². The summed E-state index contributed by atoms with van der Waals surface area (Å²) in [4.78, 5) is 19.2. The van der Waals surface area contributed by atoms with Gasteiger partial charge in [0.05, 0.1) is 12.1 Å². The Labute approximate surface area is 193 Å². The van der Waals surface area contributed by atoms with E-state index in [4.69, 9.17) is 9.47 Å². The molecule has 0 bridgehead atoms. The third kappa shape index (κ3) is 3.99. The quantitative estimate of drug-likeness (QED) is 0.558. The Balaban J connectivity index is 1.33. The number of aryl methyl sites for hydroxylation is 1. The SMILES string of the molecule is COc1ccc([C@@H]2CN(C(=O)c3csc(C)n3)C[C@@H]2C)cc1OC1Cc2ccccc2C1. The second kappa shape index (κ2) is 8.58. The molecule has 1 saturated heterocycles. The molecule has 1 aliphatic heterocycles. The normalized spacial score (nSPS) is 20.4. The van der Waals surface area contributed by atoms with Crippen LogP contribution in [0.4, 0.5) is 0 Å². The molecule has 0 saturated carbocycles. The van der Waals surface area contributed by atoms with Gasteiger partial charge in [0.1, 0.15) is 11.8 Å². The fraction of sp³-hybridized carbons (Fsp3) is 0.385. The molecule has 2 aliphatic rings. The van der Waals surface area contributed by atoms with Crippen molar-refractivity contribution in [1.82, 2.24) is 9.88 Å². The Bertz CT molecular complexity index is 1120. The zero-order valence-electron chi connectivity index (χ0n) is 18.7. The van der Waals surface area contributed by atoms with Gasteiger partial charge in [-0.3, -0.25) is 4.79 Å². The van der Waals surface area contributed by atoms with Crippen LogP contribution in [0.2, 0.25) is 0 Å². The first-order valence-electron chi connectivity index (χ1n) is 11.1. The number of nitrogens with zero attached hydrogens (tertiary/aromatic N) is 2. The van der Waals surface area contributed by atoms with Crippen molar-refractivity contribution in [3.05, 3.63) is 75.2 Å². The van der Waals surface area contributed by atoms with Crippen molar-refractivity contribution in [2.24, 2.45) is 5.92 Å². The van der Waals surface area contributed by atoms with E-state index in [-0.39, 0.29) is 17.9 Å². The Kier molecular flexibility index (Phi) is 5.64. The average Bonchev–Trinajstić information content (AvgIpc) is 3.51. The molecule has 32 heavy (non-hydrogen) atoms. The van der Waals surface area contributed by atoms with E-state index in [9.17, 15) is 4.79 Å². The van der Waals surface area contributed by atoms with Crippen LogP contribution in [0.25, 0.3) is 0 Å². The van der Waals surface area contributed by atoms with Crippen molar-refractivity contribution in [1.29, 1.82) is 0 Å².